The molecule has 5 nitrogen and oxygen atoms in total. The number of carbonyl (C=O) groups excluding carboxylic acids is 2. The summed E-state index contributed by atoms with van der Waals surface area (Å²) in [4.78, 5) is 28.7. The van der Waals surface area contributed by atoms with E-state index in [0.29, 0.717) is 54.4 Å². The lowest BCUT2D eigenvalue weighted by atomic mass is 9.94. The predicted molar refractivity (Wildman–Crippen MR) is 132 cm³/mol. The molecule has 0 spiro atoms. The molecule has 1 amide bonds. The van der Waals surface area contributed by atoms with Gasteiger partial charge in [-0.05, 0) is 60.4 Å². The highest BCUT2D eigenvalue weighted by molar-refractivity contribution is 6.30. The van der Waals surface area contributed by atoms with Gasteiger partial charge in [-0.15, -0.1) is 0 Å². The predicted octanol–water partition coefficient (Wildman–Crippen LogP) is 5.72. The van der Waals surface area contributed by atoms with E-state index in [-0.39, 0.29) is 30.4 Å². The van der Waals surface area contributed by atoms with Crippen LogP contribution in [0.2, 0.25) is 5.02 Å². The highest BCUT2D eigenvalue weighted by atomic mass is 35.5. The summed E-state index contributed by atoms with van der Waals surface area (Å²) < 4.78 is 40.0. The molecule has 0 aromatic heterocycles. The first-order valence-corrected chi connectivity index (χ1v) is 12.1. The first kappa shape index (κ1) is 27.0. The van der Waals surface area contributed by atoms with Crippen LogP contribution in [0.15, 0.2) is 42.5 Å². The van der Waals surface area contributed by atoms with Crippen LogP contribution in [0.4, 0.5) is 18.9 Å². The van der Waals surface area contributed by atoms with Crippen LogP contribution >= 0.6 is 11.6 Å². The summed E-state index contributed by atoms with van der Waals surface area (Å²) in [5, 5.41) is 0.539. The molecule has 1 atom stereocenters. The van der Waals surface area contributed by atoms with Crippen LogP contribution in [0.3, 0.4) is 0 Å². The van der Waals surface area contributed by atoms with Gasteiger partial charge in [-0.1, -0.05) is 25.4 Å². The number of amides is 1. The second-order valence-electron chi connectivity index (χ2n) is 9.31. The number of Topliss-reactive ketones (excluding diaryl/α,β-unsaturated/α-hetero) is 1. The van der Waals surface area contributed by atoms with Gasteiger partial charge in [0.1, 0.15) is 0 Å². The van der Waals surface area contributed by atoms with Gasteiger partial charge in [0.05, 0.1) is 5.56 Å². The number of hydrogen-bond acceptors (Lipinski definition) is 4. The van der Waals surface area contributed by atoms with Gasteiger partial charge >= 0.3 is 6.18 Å². The lowest BCUT2D eigenvalue weighted by Crippen LogP contribution is -2.49. The molecule has 35 heavy (non-hydrogen) atoms. The minimum atomic E-state index is -4.45. The summed E-state index contributed by atoms with van der Waals surface area (Å²) in [6.07, 6.45) is -3.67. The van der Waals surface area contributed by atoms with Gasteiger partial charge < -0.3 is 15.5 Å². The highest BCUT2D eigenvalue weighted by Crippen LogP contribution is 2.36. The van der Waals surface area contributed by atoms with E-state index in [0.717, 1.165) is 12.1 Å². The van der Waals surface area contributed by atoms with Crippen molar-refractivity contribution in [3.63, 3.8) is 0 Å². The fourth-order valence-electron chi connectivity index (χ4n) is 4.31. The molecule has 0 unspecified atom stereocenters. The fourth-order valence-corrected chi connectivity index (χ4v) is 4.43. The Hall–Kier alpha value is -2.58. The SMILES string of the molecule is CC(C)C[C@H](N)c1cc(C(F)(F)F)ccc1N1CCN(C(=O)CCC(=O)c2ccc(Cl)cc2)CC1. The Bertz CT molecular complexity index is 1030. The number of alkyl halides is 3. The van der Waals surface area contributed by atoms with E-state index in [2.05, 4.69) is 0 Å². The van der Waals surface area contributed by atoms with Gasteiger partial charge in [0.15, 0.2) is 5.78 Å². The molecule has 0 aliphatic carbocycles. The Morgan fingerprint density at radius 3 is 2.20 bits per heavy atom. The molecule has 2 N–H and O–H groups in total. The van der Waals surface area contributed by atoms with Crippen LogP contribution in [0.25, 0.3) is 0 Å². The molecule has 0 radical (unpaired) electrons. The number of anilines is 1. The molecule has 1 heterocycles. The minimum Gasteiger partial charge on any atom is -0.368 e. The number of ketones is 1. The van der Waals surface area contributed by atoms with Crippen molar-refractivity contribution in [1.82, 2.24) is 4.90 Å². The number of nitrogens with two attached hydrogens (primary N) is 1. The first-order chi connectivity index (χ1) is 16.5. The number of hydrogen-bond donors (Lipinski definition) is 1. The van der Waals surface area contributed by atoms with Crippen LogP contribution in [-0.4, -0.2) is 42.8 Å². The Labute approximate surface area is 209 Å². The van der Waals surface area contributed by atoms with Crippen molar-refractivity contribution in [2.75, 3.05) is 31.1 Å². The number of piperazine rings is 1. The summed E-state index contributed by atoms with van der Waals surface area (Å²) in [6, 6.07) is 9.76. The van der Waals surface area contributed by atoms with Crippen LogP contribution < -0.4 is 10.6 Å². The molecule has 190 valence electrons. The lowest BCUT2D eigenvalue weighted by molar-refractivity contribution is -0.137. The minimum absolute atomic E-state index is 0.103. The van der Waals surface area contributed by atoms with Crippen LogP contribution in [0.5, 0.6) is 0 Å². The van der Waals surface area contributed by atoms with Gasteiger partial charge in [-0.25, -0.2) is 0 Å². The van der Waals surface area contributed by atoms with Crippen LogP contribution in [-0.2, 0) is 11.0 Å². The summed E-state index contributed by atoms with van der Waals surface area (Å²) in [6.45, 7) is 5.76. The third-order valence-corrected chi connectivity index (χ3v) is 6.44. The number of nitrogens with zero attached hydrogens (tertiary/aromatic N) is 2. The molecule has 1 saturated heterocycles. The monoisotopic (exact) mass is 509 g/mol. The molecule has 9 heteroatoms. The molecule has 3 rings (SSSR count). The maximum absolute atomic E-state index is 13.3. The van der Waals surface area contributed by atoms with Gasteiger partial charge in [0.25, 0.3) is 0 Å². The quantitative estimate of drug-likeness (QED) is 0.462. The van der Waals surface area contributed by atoms with Crippen molar-refractivity contribution in [2.24, 2.45) is 11.7 Å². The molecule has 0 bridgehead atoms. The number of carbonyl (C=O) groups is 2. The third kappa shape index (κ3) is 7.21. The average molecular weight is 510 g/mol. The van der Waals surface area contributed by atoms with Crippen molar-refractivity contribution in [2.45, 2.75) is 45.3 Å². The van der Waals surface area contributed by atoms with Crippen molar-refractivity contribution in [3.8, 4) is 0 Å². The molecule has 2 aromatic carbocycles. The maximum atomic E-state index is 13.3. The van der Waals surface area contributed by atoms with E-state index >= 15 is 0 Å². The standard InChI is InChI=1S/C26H31ClF3N3O2/c1-17(2)15-22(31)21-16-19(26(28,29)30)5-8-23(21)32-11-13-33(14-12-32)25(35)10-9-24(34)18-3-6-20(27)7-4-18/h3-8,16-17,22H,9-15,31H2,1-2H3/t22-/m0/s1. The van der Waals surface area contributed by atoms with E-state index in [1.54, 1.807) is 29.2 Å². The van der Waals surface area contributed by atoms with Crippen LogP contribution in [0, 0.1) is 5.92 Å². The van der Waals surface area contributed by atoms with Gasteiger partial charge in [0, 0.05) is 61.3 Å². The summed E-state index contributed by atoms with van der Waals surface area (Å²) >= 11 is 5.85. The van der Waals surface area contributed by atoms with Crippen molar-refractivity contribution < 1.29 is 22.8 Å². The number of halogens is 4. The second-order valence-corrected chi connectivity index (χ2v) is 9.74. The van der Waals surface area contributed by atoms with Crippen LogP contribution in [0.1, 0.15) is 60.6 Å². The molecule has 1 aliphatic heterocycles. The second kappa shape index (κ2) is 11.4. The fraction of sp³-hybridized carbons (Fsp3) is 0.462. The van der Waals surface area contributed by atoms with Gasteiger partial charge in [0.2, 0.25) is 5.91 Å². The first-order valence-electron chi connectivity index (χ1n) is 11.7. The molecular formula is C26H31ClF3N3O2. The summed E-state index contributed by atoms with van der Waals surface area (Å²) in [5.41, 5.74) is 7.27. The highest BCUT2D eigenvalue weighted by Gasteiger charge is 2.33. The average Bonchev–Trinajstić information content (AvgIpc) is 2.81. The third-order valence-electron chi connectivity index (χ3n) is 6.18. The zero-order valence-electron chi connectivity index (χ0n) is 19.9. The zero-order valence-corrected chi connectivity index (χ0v) is 20.7. The molecule has 1 aliphatic rings. The topological polar surface area (TPSA) is 66.6 Å². The molecular weight excluding hydrogens is 479 g/mol. The van der Waals surface area contributed by atoms with Gasteiger partial charge in [-0.3, -0.25) is 9.59 Å². The largest absolute Gasteiger partial charge is 0.416 e. The number of rotatable bonds is 8. The summed E-state index contributed by atoms with van der Waals surface area (Å²) in [5.74, 6) is -0.00394. The van der Waals surface area contributed by atoms with Crippen molar-refractivity contribution in [3.05, 3.63) is 64.2 Å². The van der Waals surface area contributed by atoms with Gasteiger partial charge in [-0.2, -0.15) is 13.2 Å². The Morgan fingerprint density at radius 2 is 1.63 bits per heavy atom. The zero-order chi connectivity index (χ0) is 25.8. The van der Waals surface area contributed by atoms with Crippen molar-refractivity contribution >= 4 is 29.0 Å². The normalized spacial score (nSPS) is 15.4. The maximum Gasteiger partial charge on any atom is 0.416 e. The molecule has 0 saturated carbocycles. The summed E-state index contributed by atoms with van der Waals surface area (Å²) in [7, 11) is 0. The number of benzene rings is 2. The van der Waals surface area contributed by atoms with E-state index in [4.69, 9.17) is 17.3 Å². The Balaban J connectivity index is 1.63. The Morgan fingerprint density at radius 1 is 1.00 bits per heavy atom. The Kier molecular flexibility index (Phi) is 8.83. The molecule has 2 aromatic rings. The smallest absolute Gasteiger partial charge is 0.368 e. The van der Waals surface area contributed by atoms with E-state index in [1.165, 1.54) is 6.07 Å². The molecule has 1 fully saturated rings. The lowest BCUT2D eigenvalue weighted by Gasteiger charge is -2.38. The van der Waals surface area contributed by atoms with E-state index in [1.807, 2.05) is 18.7 Å². The van der Waals surface area contributed by atoms with E-state index in [9.17, 15) is 22.8 Å². The van der Waals surface area contributed by atoms with E-state index < -0.39 is 17.8 Å². The van der Waals surface area contributed by atoms with Crippen molar-refractivity contribution in [1.29, 1.82) is 0 Å².